The lowest BCUT2D eigenvalue weighted by Crippen LogP contribution is -2.53. The van der Waals surface area contributed by atoms with E-state index in [9.17, 15) is 9.59 Å². The molecule has 20 heavy (non-hydrogen) atoms. The van der Waals surface area contributed by atoms with Gasteiger partial charge in [-0.05, 0) is 25.8 Å². The molecule has 2 atom stereocenters. The van der Waals surface area contributed by atoms with Crippen LogP contribution in [0.15, 0.2) is 0 Å². The average molecular weight is 322 g/mol. The van der Waals surface area contributed by atoms with Crippen molar-refractivity contribution in [2.45, 2.75) is 44.7 Å². The third kappa shape index (κ3) is 4.53. The van der Waals surface area contributed by atoms with E-state index in [2.05, 4.69) is 10.6 Å². The van der Waals surface area contributed by atoms with Crippen LogP contribution in [-0.2, 0) is 9.59 Å². The van der Waals surface area contributed by atoms with Crippen LogP contribution in [0.5, 0.6) is 0 Å². The number of rotatable bonds is 4. The number of carbonyl (C=O) groups excluding carboxylic acids is 2. The zero-order chi connectivity index (χ0) is 13.7. The highest BCUT2D eigenvalue weighted by molar-refractivity contribution is 7.99. The van der Waals surface area contributed by atoms with Gasteiger partial charge >= 0.3 is 0 Å². The van der Waals surface area contributed by atoms with Crippen molar-refractivity contribution in [1.29, 1.82) is 0 Å². The smallest absolute Gasteiger partial charge is 0.243 e. The molecule has 2 aliphatic heterocycles. The summed E-state index contributed by atoms with van der Waals surface area (Å²) in [6, 6.07) is -0.0547. The van der Waals surface area contributed by atoms with Crippen LogP contribution in [0.2, 0.25) is 0 Å². The minimum absolute atomic E-state index is 0. The Labute approximate surface area is 131 Å². The van der Waals surface area contributed by atoms with Crippen LogP contribution in [-0.4, -0.2) is 53.5 Å². The maximum atomic E-state index is 12.3. The summed E-state index contributed by atoms with van der Waals surface area (Å²) in [5, 5.41) is 6.36. The lowest BCUT2D eigenvalue weighted by Gasteiger charge is -2.28. The number of thioether (sulfide) groups is 1. The van der Waals surface area contributed by atoms with Crippen LogP contribution in [0, 0.1) is 0 Å². The van der Waals surface area contributed by atoms with Crippen molar-refractivity contribution in [3.05, 3.63) is 0 Å². The molecule has 2 heterocycles. The van der Waals surface area contributed by atoms with Crippen LogP contribution < -0.4 is 10.6 Å². The largest absolute Gasteiger partial charge is 0.350 e. The van der Waals surface area contributed by atoms with Gasteiger partial charge in [-0.1, -0.05) is 6.92 Å². The highest BCUT2D eigenvalue weighted by Crippen LogP contribution is 2.22. The van der Waals surface area contributed by atoms with E-state index < -0.39 is 0 Å². The lowest BCUT2D eigenvalue weighted by molar-refractivity contribution is -0.138. The molecule has 2 aliphatic rings. The Morgan fingerprint density at radius 2 is 2.25 bits per heavy atom. The Bertz CT molecular complexity index is 338. The van der Waals surface area contributed by atoms with Crippen LogP contribution in [0.1, 0.15) is 32.6 Å². The van der Waals surface area contributed by atoms with Crippen molar-refractivity contribution in [1.82, 2.24) is 15.5 Å². The highest BCUT2D eigenvalue weighted by atomic mass is 35.5. The Morgan fingerprint density at radius 3 is 2.90 bits per heavy atom. The SMILES string of the molecule is CCCC(=O)N1CSCC1C(=O)N[C@H]1CCCNC1.Cl. The average Bonchev–Trinajstić information content (AvgIpc) is 2.89. The fraction of sp³-hybridized carbons (Fsp3) is 0.846. The van der Waals surface area contributed by atoms with Crippen LogP contribution in [0.4, 0.5) is 0 Å². The molecule has 2 fully saturated rings. The van der Waals surface area contributed by atoms with Gasteiger partial charge in [0.05, 0.1) is 5.88 Å². The molecule has 7 heteroatoms. The standard InChI is InChI=1S/C13H23N3O2S.ClH/c1-2-4-12(17)16-9-19-8-11(16)13(18)15-10-5-3-6-14-7-10;/h10-11,14H,2-9H2,1H3,(H,15,18);1H/t10-,11?;/m0./s1. The summed E-state index contributed by atoms with van der Waals surface area (Å²) in [4.78, 5) is 26.0. The predicted molar refractivity (Wildman–Crippen MR) is 84.1 cm³/mol. The molecule has 0 aromatic rings. The van der Waals surface area contributed by atoms with Crippen molar-refractivity contribution in [2.24, 2.45) is 0 Å². The Hall–Kier alpha value is -0.460. The summed E-state index contributed by atoms with van der Waals surface area (Å²) in [6.45, 7) is 3.87. The Morgan fingerprint density at radius 1 is 1.45 bits per heavy atom. The van der Waals surface area contributed by atoms with E-state index in [1.807, 2.05) is 6.92 Å². The molecule has 0 aromatic heterocycles. The first kappa shape index (κ1) is 17.6. The molecular formula is C13H24ClN3O2S. The number of piperidine rings is 1. The molecule has 0 radical (unpaired) electrons. The molecule has 2 saturated heterocycles. The van der Waals surface area contributed by atoms with Crippen molar-refractivity contribution < 1.29 is 9.59 Å². The quantitative estimate of drug-likeness (QED) is 0.810. The number of nitrogens with one attached hydrogen (secondary N) is 2. The molecule has 0 spiro atoms. The Balaban J connectivity index is 0.00000200. The van der Waals surface area contributed by atoms with Crippen LogP contribution in [0.25, 0.3) is 0 Å². The van der Waals surface area contributed by atoms with Crippen molar-refractivity contribution in [2.75, 3.05) is 24.7 Å². The zero-order valence-corrected chi connectivity index (χ0v) is 13.5. The lowest BCUT2D eigenvalue weighted by atomic mass is 10.1. The molecule has 2 N–H and O–H groups in total. The number of hydrogen-bond acceptors (Lipinski definition) is 4. The first-order valence-electron chi connectivity index (χ1n) is 7.10. The topological polar surface area (TPSA) is 61.4 Å². The second-order valence-electron chi connectivity index (χ2n) is 5.18. The third-order valence-electron chi connectivity index (χ3n) is 3.61. The number of carbonyl (C=O) groups is 2. The number of halogens is 1. The number of amides is 2. The van der Waals surface area contributed by atoms with Gasteiger partial charge < -0.3 is 15.5 Å². The van der Waals surface area contributed by atoms with E-state index in [-0.39, 0.29) is 36.3 Å². The fourth-order valence-electron chi connectivity index (χ4n) is 2.54. The van der Waals surface area contributed by atoms with E-state index >= 15 is 0 Å². The second kappa shape index (κ2) is 8.74. The predicted octanol–water partition coefficient (Wildman–Crippen LogP) is 0.978. The second-order valence-corrected chi connectivity index (χ2v) is 6.18. The summed E-state index contributed by atoms with van der Waals surface area (Å²) in [5.41, 5.74) is 0. The first-order valence-corrected chi connectivity index (χ1v) is 8.26. The van der Waals surface area contributed by atoms with E-state index in [0.29, 0.717) is 12.3 Å². The third-order valence-corrected chi connectivity index (χ3v) is 4.62. The monoisotopic (exact) mass is 321 g/mol. The summed E-state index contributed by atoms with van der Waals surface area (Å²) in [5.74, 6) is 1.50. The molecule has 0 bridgehead atoms. The highest BCUT2D eigenvalue weighted by Gasteiger charge is 2.34. The van der Waals surface area contributed by atoms with Gasteiger partial charge in [0.2, 0.25) is 11.8 Å². The number of nitrogens with zero attached hydrogens (tertiary/aromatic N) is 1. The summed E-state index contributed by atoms with van der Waals surface area (Å²) >= 11 is 1.66. The first-order chi connectivity index (χ1) is 9.22. The minimum atomic E-state index is -0.272. The molecule has 0 aliphatic carbocycles. The number of hydrogen-bond donors (Lipinski definition) is 2. The van der Waals surface area contributed by atoms with Gasteiger partial charge in [0.15, 0.2) is 0 Å². The molecule has 2 amide bonds. The van der Waals surface area contributed by atoms with Gasteiger partial charge in [0, 0.05) is 24.8 Å². The molecule has 2 rings (SSSR count). The molecule has 116 valence electrons. The Kier molecular flexibility index (Phi) is 7.69. The van der Waals surface area contributed by atoms with Crippen molar-refractivity contribution in [3.63, 3.8) is 0 Å². The minimum Gasteiger partial charge on any atom is -0.350 e. The molecule has 0 saturated carbocycles. The normalized spacial score (nSPS) is 25.9. The van der Waals surface area contributed by atoms with Crippen LogP contribution >= 0.6 is 24.2 Å². The van der Waals surface area contributed by atoms with Crippen LogP contribution in [0.3, 0.4) is 0 Å². The summed E-state index contributed by atoms with van der Waals surface area (Å²) < 4.78 is 0. The van der Waals surface area contributed by atoms with E-state index in [4.69, 9.17) is 0 Å². The van der Waals surface area contributed by atoms with E-state index in [1.165, 1.54) is 0 Å². The van der Waals surface area contributed by atoms with Gasteiger partial charge in [-0.3, -0.25) is 9.59 Å². The van der Waals surface area contributed by atoms with Crippen molar-refractivity contribution >= 4 is 36.0 Å². The van der Waals surface area contributed by atoms with Gasteiger partial charge in [-0.2, -0.15) is 0 Å². The zero-order valence-electron chi connectivity index (χ0n) is 11.9. The van der Waals surface area contributed by atoms with E-state index in [0.717, 1.165) is 38.1 Å². The fourth-order valence-corrected chi connectivity index (χ4v) is 3.72. The van der Waals surface area contributed by atoms with Gasteiger partial charge in [0.1, 0.15) is 6.04 Å². The molecular weight excluding hydrogens is 298 g/mol. The van der Waals surface area contributed by atoms with Crippen molar-refractivity contribution in [3.8, 4) is 0 Å². The van der Waals surface area contributed by atoms with Gasteiger partial charge in [-0.15, -0.1) is 24.2 Å². The maximum absolute atomic E-state index is 12.3. The summed E-state index contributed by atoms with van der Waals surface area (Å²) in [7, 11) is 0. The molecule has 5 nitrogen and oxygen atoms in total. The molecule has 1 unspecified atom stereocenters. The summed E-state index contributed by atoms with van der Waals surface area (Å²) in [6.07, 6.45) is 3.50. The molecule has 0 aromatic carbocycles. The van der Waals surface area contributed by atoms with Gasteiger partial charge in [0.25, 0.3) is 0 Å². The maximum Gasteiger partial charge on any atom is 0.243 e. The van der Waals surface area contributed by atoms with E-state index in [1.54, 1.807) is 16.7 Å². The van der Waals surface area contributed by atoms with Gasteiger partial charge in [-0.25, -0.2) is 0 Å².